The minimum absolute atomic E-state index is 0.0117. The molecular weight excluding hydrogens is 432 g/mol. The molecular formula is C20H32N8O5. The maximum atomic E-state index is 12.5. The minimum Gasteiger partial charge on any atom is -0.387 e. The molecule has 2 aromatic rings. The van der Waals surface area contributed by atoms with E-state index in [0.717, 1.165) is 19.3 Å². The standard InChI is InChI=1S/C20H32N8O5/c21-7-3-5-8-23-12(29)6-2-1-4-9-24-19(32)16-14(30)15(31)20(33-16)28-11-27-13-17(22)25-10-26-18(13)28/h10-11,14-16,20,30-31H,1-9,21H2,(H,23,29)(H,24,32)(H2,22,25,26)/t14-,15+,16-,20+/m0/s1. The molecule has 1 saturated heterocycles. The SMILES string of the molecule is NCCCCNC(=O)CCCCCNC(=O)[C@H]1O[C@@H](n2cnc3c(N)ncnc32)[C@H](O)[C@@H]1O. The number of anilines is 1. The summed E-state index contributed by atoms with van der Waals surface area (Å²) in [5.74, 6) is -0.344. The van der Waals surface area contributed by atoms with E-state index >= 15 is 0 Å². The summed E-state index contributed by atoms with van der Waals surface area (Å²) in [5, 5.41) is 26.3. The first-order valence-corrected chi connectivity index (χ1v) is 11.1. The van der Waals surface area contributed by atoms with E-state index in [-0.39, 0.29) is 11.7 Å². The third-order valence-corrected chi connectivity index (χ3v) is 5.49. The van der Waals surface area contributed by atoms with Crippen LogP contribution < -0.4 is 22.1 Å². The number of hydrogen-bond donors (Lipinski definition) is 6. The molecule has 3 heterocycles. The fourth-order valence-electron chi connectivity index (χ4n) is 3.65. The summed E-state index contributed by atoms with van der Waals surface area (Å²) in [4.78, 5) is 36.3. The summed E-state index contributed by atoms with van der Waals surface area (Å²) in [6, 6.07) is 0. The molecule has 1 aliphatic heterocycles. The van der Waals surface area contributed by atoms with Crippen molar-refractivity contribution in [3.8, 4) is 0 Å². The number of unbranched alkanes of at least 4 members (excludes halogenated alkanes) is 3. The second-order valence-electron chi connectivity index (χ2n) is 7.96. The minimum atomic E-state index is -1.42. The van der Waals surface area contributed by atoms with Crippen molar-refractivity contribution >= 4 is 28.8 Å². The summed E-state index contributed by atoms with van der Waals surface area (Å²) in [6.45, 7) is 1.62. The predicted octanol–water partition coefficient (Wildman–Crippen LogP) is -1.44. The summed E-state index contributed by atoms with van der Waals surface area (Å²) in [7, 11) is 0. The number of hydrogen-bond acceptors (Lipinski definition) is 10. The zero-order chi connectivity index (χ0) is 23.8. The van der Waals surface area contributed by atoms with Crippen molar-refractivity contribution in [3.05, 3.63) is 12.7 Å². The molecule has 182 valence electrons. The molecule has 1 fully saturated rings. The highest BCUT2D eigenvalue weighted by Crippen LogP contribution is 2.32. The molecule has 8 N–H and O–H groups in total. The van der Waals surface area contributed by atoms with Crippen molar-refractivity contribution in [2.75, 3.05) is 25.4 Å². The molecule has 0 aromatic carbocycles. The van der Waals surface area contributed by atoms with Gasteiger partial charge in [-0.3, -0.25) is 14.2 Å². The Morgan fingerprint density at radius 3 is 2.58 bits per heavy atom. The number of amides is 2. The van der Waals surface area contributed by atoms with E-state index in [9.17, 15) is 19.8 Å². The molecule has 2 aromatic heterocycles. The van der Waals surface area contributed by atoms with Crippen LogP contribution in [0.4, 0.5) is 5.82 Å². The second kappa shape index (κ2) is 11.8. The third kappa shape index (κ3) is 6.13. The number of nitrogens with zero attached hydrogens (tertiary/aromatic N) is 4. The van der Waals surface area contributed by atoms with Crippen molar-refractivity contribution in [1.82, 2.24) is 30.2 Å². The highest BCUT2D eigenvalue weighted by Gasteiger charge is 2.47. The molecule has 4 atom stereocenters. The van der Waals surface area contributed by atoms with E-state index in [4.69, 9.17) is 16.2 Å². The molecule has 0 aliphatic carbocycles. The van der Waals surface area contributed by atoms with Gasteiger partial charge in [-0.15, -0.1) is 0 Å². The summed E-state index contributed by atoms with van der Waals surface area (Å²) >= 11 is 0. The third-order valence-electron chi connectivity index (χ3n) is 5.49. The Morgan fingerprint density at radius 2 is 1.79 bits per heavy atom. The lowest BCUT2D eigenvalue weighted by Crippen LogP contribution is -2.43. The Kier molecular flexibility index (Phi) is 8.88. The van der Waals surface area contributed by atoms with Gasteiger partial charge in [-0.2, -0.15) is 0 Å². The first-order chi connectivity index (χ1) is 15.9. The molecule has 0 bridgehead atoms. The van der Waals surface area contributed by atoms with Crippen molar-refractivity contribution in [3.63, 3.8) is 0 Å². The molecule has 0 radical (unpaired) electrons. The van der Waals surface area contributed by atoms with Crippen LogP contribution in [-0.4, -0.2) is 79.5 Å². The van der Waals surface area contributed by atoms with Crippen LogP contribution in [0.1, 0.15) is 44.8 Å². The average Bonchev–Trinajstić information content (AvgIpc) is 3.36. The number of nitrogens with two attached hydrogens (primary N) is 2. The van der Waals surface area contributed by atoms with Crippen molar-refractivity contribution < 1.29 is 24.5 Å². The van der Waals surface area contributed by atoms with Gasteiger partial charge in [-0.1, -0.05) is 6.42 Å². The van der Waals surface area contributed by atoms with Gasteiger partial charge < -0.3 is 37.1 Å². The average molecular weight is 465 g/mol. The maximum Gasteiger partial charge on any atom is 0.252 e. The van der Waals surface area contributed by atoms with E-state index in [1.165, 1.54) is 17.2 Å². The molecule has 0 saturated carbocycles. The fraction of sp³-hybridized carbons (Fsp3) is 0.650. The Hall–Kier alpha value is -2.87. The van der Waals surface area contributed by atoms with Crippen LogP contribution in [0.5, 0.6) is 0 Å². The molecule has 3 rings (SSSR count). The van der Waals surface area contributed by atoms with Crippen LogP contribution in [0.25, 0.3) is 11.2 Å². The number of nitrogen functional groups attached to an aromatic ring is 1. The first kappa shape index (κ1) is 24.8. The number of ether oxygens (including phenoxy) is 1. The predicted molar refractivity (Wildman–Crippen MR) is 118 cm³/mol. The molecule has 33 heavy (non-hydrogen) atoms. The Bertz CT molecular complexity index is 938. The number of carbonyl (C=O) groups is 2. The second-order valence-corrected chi connectivity index (χ2v) is 7.96. The van der Waals surface area contributed by atoms with Crippen LogP contribution in [0.3, 0.4) is 0 Å². The largest absolute Gasteiger partial charge is 0.387 e. The van der Waals surface area contributed by atoms with Gasteiger partial charge in [0.1, 0.15) is 24.1 Å². The number of aliphatic hydroxyl groups excluding tert-OH is 2. The first-order valence-electron chi connectivity index (χ1n) is 11.1. The Balaban J connectivity index is 1.41. The van der Waals surface area contributed by atoms with Gasteiger partial charge in [0.15, 0.2) is 23.8 Å². The summed E-state index contributed by atoms with van der Waals surface area (Å²) in [5.41, 5.74) is 11.8. The zero-order valence-electron chi connectivity index (χ0n) is 18.4. The molecule has 13 nitrogen and oxygen atoms in total. The monoisotopic (exact) mass is 464 g/mol. The lowest BCUT2D eigenvalue weighted by Gasteiger charge is -2.16. The van der Waals surface area contributed by atoms with Gasteiger partial charge in [0.05, 0.1) is 6.33 Å². The van der Waals surface area contributed by atoms with Gasteiger partial charge in [0.2, 0.25) is 5.91 Å². The van der Waals surface area contributed by atoms with E-state index in [1.54, 1.807) is 0 Å². The molecule has 1 aliphatic rings. The van der Waals surface area contributed by atoms with Crippen molar-refractivity contribution in [2.24, 2.45) is 5.73 Å². The van der Waals surface area contributed by atoms with E-state index < -0.39 is 30.4 Å². The number of nitrogens with one attached hydrogen (secondary N) is 2. The van der Waals surface area contributed by atoms with E-state index in [2.05, 4.69) is 25.6 Å². The zero-order valence-corrected chi connectivity index (χ0v) is 18.4. The number of carbonyl (C=O) groups excluding carboxylic acids is 2. The maximum absolute atomic E-state index is 12.5. The highest BCUT2D eigenvalue weighted by molar-refractivity contribution is 5.82. The van der Waals surface area contributed by atoms with Gasteiger partial charge in [-0.05, 0) is 32.2 Å². The fourth-order valence-corrected chi connectivity index (χ4v) is 3.65. The number of aromatic nitrogens is 4. The Labute approximate surface area is 190 Å². The molecule has 0 unspecified atom stereocenters. The van der Waals surface area contributed by atoms with Crippen molar-refractivity contribution in [1.29, 1.82) is 0 Å². The van der Waals surface area contributed by atoms with Gasteiger partial charge in [-0.25, -0.2) is 15.0 Å². The van der Waals surface area contributed by atoms with Crippen LogP contribution in [-0.2, 0) is 14.3 Å². The van der Waals surface area contributed by atoms with Gasteiger partial charge in [0, 0.05) is 19.5 Å². The summed E-state index contributed by atoms with van der Waals surface area (Å²) in [6.07, 6.45) is 1.86. The van der Waals surface area contributed by atoms with E-state index in [1.807, 2.05) is 0 Å². The normalized spacial score (nSPS) is 22.5. The topological polar surface area (TPSA) is 204 Å². The summed E-state index contributed by atoms with van der Waals surface area (Å²) < 4.78 is 7.07. The van der Waals surface area contributed by atoms with Crippen LogP contribution in [0.15, 0.2) is 12.7 Å². The van der Waals surface area contributed by atoms with Gasteiger partial charge in [0.25, 0.3) is 5.91 Å². The lowest BCUT2D eigenvalue weighted by atomic mass is 10.1. The van der Waals surface area contributed by atoms with E-state index in [0.29, 0.717) is 50.1 Å². The Morgan fingerprint density at radius 1 is 1.03 bits per heavy atom. The number of fused-ring (bicyclic) bond motifs is 1. The molecule has 2 amide bonds. The quantitative estimate of drug-likeness (QED) is 0.202. The smallest absolute Gasteiger partial charge is 0.252 e. The van der Waals surface area contributed by atoms with Crippen LogP contribution in [0, 0.1) is 0 Å². The molecule has 0 spiro atoms. The number of aliphatic hydroxyl groups is 2. The van der Waals surface area contributed by atoms with Crippen molar-refractivity contribution in [2.45, 2.75) is 63.1 Å². The highest BCUT2D eigenvalue weighted by atomic mass is 16.6. The van der Waals surface area contributed by atoms with Gasteiger partial charge >= 0.3 is 0 Å². The lowest BCUT2D eigenvalue weighted by molar-refractivity contribution is -0.137. The number of imidazole rings is 1. The van der Waals surface area contributed by atoms with Crippen LogP contribution in [0.2, 0.25) is 0 Å². The molecule has 13 heteroatoms. The van der Waals surface area contributed by atoms with Crippen LogP contribution >= 0.6 is 0 Å². The number of rotatable bonds is 12.